The monoisotopic (exact) mass is 339 g/mol. The van der Waals surface area contributed by atoms with Crippen molar-refractivity contribution in [1.82, 2.24) is 5.32 Å². The topological polar surface area (TPSA) is 60.7 Å². The highest BCUT2D eigenvalue weighted by molar-refractivity contribution is 5.99. The number of nitrogens with one attached hydrogen (secondary N) is 1. The summed E-state index contributed by atoms with van der Waals surface area (Å²) in [5, 5.41) is 3.77. The van der Waals surface area contributed by atoms with Gasteiger partial charge in [0.1, 0.15) is 17.1 Å². The molecular weight excluding hydrogens is 318 g/mol. The predicted octanol–water partition coefficient (Wildman–Crippen LogP) is 4.08. The number of methoxy groups -OCH3 is 1. The predicted molar refractivity (Wildman–Crippen MR) is 96.3 cm³/mol. The van der Waals surface area contributed by atoms with Crippen molar-refractivity contribution in [1.29, 1.82) is 0 Å². The van der Waals surface area contributed by atoms with Crippen LogP contribution in [-0.4, -0.2) is 19.6 Å². The van der Waals surface area contributed by atoms with E-state index in [1.165, 1.54) is 0 Å². The van der Waals surface area contributed by atoms with Crippen molar-refractivity contribution in [2.75, 3.05) is 13.7 Å². The van der Waals surface area contributed by atoms with Crippen molar-refractivity contribution in [2.45, 2.75) is 20.4 Å². The molecule has 3 rings (SSSR count). The van der Waals surface area contributed by atoms with Crippen LogP contribution in [0.25, 0.3) is 11.0 Å². The van der Waals surface area contributed by atoms with Crippen LogP contribution in [0.5, 0.6) is 11.5 Å². The number of fused-ring (bicyclic) bond motifs is 1. The molecule has 0 fully saturated rings. The summed E-state index contributed by atoms with van der Waals surface area (Å²) in [6, 6.07) is 13.1. The van der Waals surface area contributed by atoms with E-state index in [4.69, 9.17) is 13.9 Å². The molecule has 3 aromatic rings. The van der Waals surface area contributed by atoms with Gasteiger partial charge >= 0.3 is 0 Å². The van der Waals surface area contributed by atoms with Crippen molar-refractivity contribution < 1.29 is 18.7 Å². The van der Waals surface area contributed by atoms with Crippen molar-refractivity contribution in [3.63, 3.8) is 0 Å². The largest absolute Gasteiger partial charge is 0.496 e. The summed E-state index contributed by atoms with van der Waals surface area (Å²) < 4.78 is 16.6. The highest BCUT2D eigenvalue weighted by Gasteiger charge is 2.18. The fraction of sp³-hybridized carbons (Fsp3) is 0.250. The lowest BCUT2D eigenvalue weighted by molar-refractivity contribution is 0.0924. The maximum absolute atomic E-state index is 12.5. The Bertz CT molecular complexity index is 898. The fourth-order valence-electron chi connectivity index (χ4n) is 2.78. The number of ether oxygens (including phenoxy) is 2. The third kappa shape index (κ3) is 3.45. The minimum absolute atomic E-state index is 0.252. The van der Waals surface area contributed by atoms with Gasteiger partial charge in [-0.25, -0.2) is 0 Å². The molecule has 1 heterocycles. The van der Waals surface area contributed by atoms with Crippen molar-refractivity contribution >= 4 is 16.9 Å². The molecule has 0 atom stereocenters. The zero-order valence-corrected chi connectivity index (χ0v) is 14.6. The fourth-order valence-corrected chi connectivity index (χ4v) is 2.78. The third-order valence-electron chi connectivity index (χ3n) is 4.06. The van der Waals surface area contributed by atoms with E-state index in [1.807, 2.05) is 56.3 Å². The lowest BCUT2D eigenvalue weighted by atomic mass is 10.1. The van der Waals surface area contributed by atoms with E-state index in [2.05, 4.69) is 5.32 Å². The van der Waals surface area contributed by atoms with Crippen LogP contribution in [0, 0.1) is 6.92 Å². The Balaban J connectivity index is 1.81. The second-order valence-electron chi connectivity index (χ2n) is 5.64. The molecule has 0 saturated carbocycles. The molecule has 0 unspecified atom stereocenters. The van der Waals surface area contributed by atoms with Gasteiger partial charge in [0.25, 0.3) is 5.91 Å². The number of amides is 1. The van der Waals surface area contributed by atoms with Gasteiger partial charge in [0.15, 0.2) is 5.76 Å². The number of rotatable bonds is 6. The van der Waals surface area contributed by atoms with E-state index in [-0.39, 0.29) is 5.91 Å². The summed E-state index contributed by atoms with van der Waals surface area (Å²) in [6.07, 6.45) is 0. The number of furan rings is 1. The second-order valence-corrected chi connectivity index (χ2v) is 5.64. The normalized spacial score (nSPS) is 10.7. The van der Waals surface area contributed by atoms with E-state index < -0.39 is 0 Å². The number of benzene rings is 2. The minimum Gasteiger partial charge on any atom is -0.496 e. The van der Waals surface area contributed by atoms with Gasteiger partial charge in [-0.2, -0.15) is 0 Å². The summed E-state index contributed by atoms with van der Waals surface area (Å²) in [5.41, 5.74) is 2.38. The number of hydrogen-bond donors (Lipinski definition) is 1. The van der Waals surface area contributed by atoms with Gasteiger partial charge in [-0.1, -0.05) is 18.2 Å². The van der Waals surface area contributed by atoms with Gasteiger partial charge in [-0.3, -0.25) is 4.79 Å². The van der Waals surface area contributed by atoms with E-state index in [9.17, 15) is 4.79 Å². The lowest BCUT2D eigenvalue weighted by Gasteiger charge is -2.08. The Kier molecular flexibility index (Phi) is 4.93. The second kappa shape index (κ2) is 7.30. The van der Waals surface area contributed by atoms with E-state index in [0.717, 1.165) is 28.0 Å². The molecule has 0 saturated heterocycles. The minimum atomic E-state index is -0.252. The summed E-state index contributed by atoms with van der Waals surface area (Å²) in [5.74, 6) is 1.57. The molecule has 2 aromatic carbocycles. The molecule has 1 amide bonds. The molecule has 5 nitrogen and oxygen atoms in total. The first kappa shape index (κ1) is 16.9. The quantitative estimate of drug-likeness (QED) is 0.735. The van der Waals surface area contributed by atoms with Crippen LogP contribution in [0.3, 0.4) is 0 Å². The lowest BCUT2D eigenvalue weighted by Crippen LogP contribution is -2.23. The molecule has 0 aliphatic carbocycles. The zero-order valence-electron chi connectivity index (χ0n) is 14.6. The number of carbonyl (C=O) groups is 1. The number of hydrogen-bond acceptors (Lipinski definition) is 4. The maximum Gasteiger partial charge on any atom is 0.287 e. The zero-order chi connectivity index (χ0) is 17.8. The highest BCUT2D eigenvalue weighted by atomic mass is 16.5. The Labute approximate surface area is 146 Å². The molecule has 25 heavy (non-hydrogen) atoms. The maximum atomic E-state index is 12.5. The van der Waals surface area contributed by atoms with Crippen LogP contribution >= 0.6 is 0 Å². The van der Waals surface area contributed by atoms with Crippen LogP contribution in [0.1, 0.15) is 28.6 Å². The average molecular weight is 339 g/mol. The Morgan fingerprint density at radius 2 is 2.00 bits per heavy atom. The van der Waals surface area contributed by atoms with Gasteiger partial charge < -0.3 is 19.2 Å². The number of aryl methyl sites for hydroxylation is 1. The first-order chi connectivity index (χ1) is 12.1. The molecule has 0 spiro atoms. The molecule has 0 bridgehead atoms. The van der Waals surface area contributed by atoms with Crippen LogP contribution in [0.4, 0.5) is 0 Å². The third-order valence-corrected chi connectivity index (χ3v) is 4.06. The molecular formula is C20H21NO4. The van der Waals surface area contributed by atoms with E-state index in [1.54, 1.807) is 7.11 Å². The Morgan fingerprint density at radius 3 is 2.76 bits per heavy atom. The summed E-state index contributed by atoms with van der Waals surface area (Å²) in [7, 11) is 1.61. The first-order valence-electron chi connectivity index (χ1n) is 8.20. The first-order valence-corrected chi connectivity index (χ1v) is 8.20. The molecule has 0 aliphatic heterocycles. The van der Waals surface area contributed by atoms with Crippen molar-refractivity contribution in [3.8, 4) is 11.5 Å². The molecule has 1 aromatic heterocycles. The molecule has 5 heteroatoms. The van der Waals surface area contributed by atoms with E-state index >= 15 is 0 Å². The molecule has 0 aliphatic rings. The summed E-state index contributed by atoms with van der Waals surface area (Å²) in [6.45, 7) is 4.76. The Morgan fingerprint density at radius 1 is 1.20 bits per heavy atom. The van der Waals surface area contributed by atoms with Gasteiger partial charge in [-0.15, -0.1) is 0 Å². The SMILES string of the molecule is CCOc1ccc2oc(C(=O)NCc3ccccc3OC)c(C)c2c1. The van der Waals surface area contributed by atoms with E-state index in [0.29, 0.717) is 24.5 Å². The highest BCUT2D eigenvalue weighted by Crippen LogP contribution is 2.29. The molecule has 0 radical (unpaired) electrons. The summed E-state index contributed by atoms with van der Waals surface area (Å²) in [4.78, 5) is 12.5. The number of carbonyl (C=O) groups excluding carboxylic acids is 1. The van der Waals surface area contributed by atoms with Crippen LogP contribution in [-0.2, 0) is 6.54 Å². The van der Waals surface area contributed by atoms with Crippen LogP contribution in [0.2, 0.25) is 0 Å². The molecule has 130 valence electrons. The summed E-state index contributed by atoms with van der Waals surface area (Å²) >= 11 is 0. The standard InChI is InChI=1S/C20H21NO4/c1-4-24-15-9-10-18-16(11-15)13(2)19(25-18)20(22)21-12-14-7-5-6-8-17(14)23-3/h5-11H,4,12H2,1-3H3,(H,21,22). The van der Waals surface area contributed by atoms with Gasteiger partial charge in [0.05, 0.1) is 13.7 Å². The van der Waals surface area contributed by atoms with Gasteiger partial charge in [0.2, 0.25) is 0 Å². The van der Waals surface area contributed by atoms with Crippen LogP contribution in [0.15, 0.2) is 46.9 Å². The smallest absolute Gasteiger partial charge is 0.287 e. The Hall–Kier alpha value is -2.95. The van der Waals surface area contributed by atoms with Crippen LogP contribution < -0.4 is 14.8 Å². The number of para-hydroxylation sites is 1. The van der Waals surface area contributed by atoms with Crippen molar-refractivity contribution in [3.05, 3.63) is 59.4 Å². The average Bonchev–Trinajstić information content (AvgIpc) is 2.97. The van der Waals surface area contributed by atoms with Gasteiger partial charge in [-0.05, 0) is 38.1 Å². The van der Waals surface area contributed by atoms with Crippen molar-refractivity contribution in [2.24, 2.45) is 0 Å². The molecule has 1 N–H and O–H groups in total. The van der Waals surface area contributed by atoms with Gasteiger partial charge in [0, 0.05) is 23.1 Å².